The fraction of sp³-hybridized carbons (Fsp3) is 1.00. The largest absolute Gasteiger partial charge is 0.436 e. The molecular weight excluding hydrogens is 317 g/mol. The van der Waals surface area contributed by atoms with Crippen LogP contribution in [0.15, 0.2) is 0 Å². The maximum absolute atomic E-state index is 5.78. The molecule has 0 aromatic rings. The summed E-state index contributed by atoms with van der Waals surface area (Å²) in [6.45, 7) is 14.8. The normalized spacial score (nSPS) is 12.7. The molecule has 0 amide bonds. The lowest BCUT2D eigenvalue weighted by Crippen LogP contribution is -2.39. The Balaban J connectivity index is 3.82. The standard InChI is InChI=1S/C8H23O5Si5/c1-8-9-15(4)11-17(6)13-18(7)12-16(5)10-14(2)3/h8H2,1-7H3. The van der Waals surface area contributed by atoms with Gasteiger partial charge in [-0.2, -0.15) is 0 Å². The molecule has 0 heterocycles. The van der Waals surface area contributed by atoms with Crippen LogP contribution in [0.3, 0.4) is 0 Å². The third-order valence-corrected chi connectivity index (χ3v) is 11.9. The first kappa shape index (κ1) is 18.9. The molecular formula is C8H23O5Si5. The van der Waals surface area contributed by atoms with Crippen molar-refractivity contribution in [1.82, 2.24) is 0 Å². The van der Waals surface area contributed by atoms with Crippen molar-refractivity contribution in [2.45, 2.75) is 46.2 Å². The van der Waals surface area contributed by atoms with Gasteiger partial charge in [-0.15, -0.1) is 0 Å². The highest BCUT2D eigenvalue weighted by Gasteiger charge is 2.24. The zero-order chi connectivity index (χ0) is 14.1. The fourth-order valence-electron chi connectivity index (χ4n) is 1.19. The van der Waals surface area contributed by atoms with Crippen LogP contribution < -0.4 is 0 Å². The van der Waals surface area contributed by atoms with Crippen molar-refractivity contribution in [2.75, 3.05) is 6.61 Å². The van der Waals surface area contributed by atoms with E-state index in [4.69, 9.17) is 20.9 Å². The summed E-state index contributed by atoms with van der Waals surface area (Å²) in [5.74, 6) is 0. The molecule has 0 aromatic heterocycles. The van der Waals surface area contributed by atoms with Gasteiger partial charge in [0.2, 0.25) is 0 Å². The predicted molar refractivity (Wildman–Crippen MR) is 79.9 cm³/mol. The second-order valence-electron chi connectivity index (χ2n) is 3.72. The third kappa shape index (κ3) is 10.8. The van der Waals surface area contributed by atoms with Crippen molar-refractivity contribution in [1.29, 1.82) is 0 Å². The van der Waals surface area contributed by atoms with Crippen LogP contribution in [0.5, 0.6) is 0 Å². The van der Waals surface area contributed by atoms with Crippen LogP contribution >= 0.6 is 0 Å². The Hall–Kier alpha value is 0.884. The summed E-state index contributed by atoms with van der Waals surface area (Å²) >= 11 is 0. The van der Waals surface area contributed by atoms with E-state index in [9.17, 15) is 0 Å². The van der Waals surface area contributed by atoms with Gasteiger partial charge in [0.25, 0.3) is 0 Å². The minimum absolute atomic E-state index is 0.689. The highest BCUT2D eigenvalue weighted by Crippen LogP contribution is 2.02. The first-order valence-corrected chi connectivity index (χ1v) is 15.5. The third-order valence-electron chi connectivity index (χ3n) is 1.56. The van der Waals surface area contributed by atoms with Gasteiger partial charge in [-0.1, -0.05) is 0 Å². The fourth-order valence-corrected chi connectivity index (χ4v) is 10.6. The van der Waals surface area contributed by atoms with Crippen LogP contribution in [0.2, 0.25) is 39.3 Å². The lowest BCUT2D eigenvalue weighted by atomic mass is 10.9. The average molecular weight is 340 g/mol. The van der Waals surface area contributed by atoms with Crippen molar-refractivity contribution in [3.63, 3.8) is 0 Å². The smallest absolute Gasteiger partial charge is 0.371 e. The molecule has 0 aliphatic heterocycles. The van der Waals surface area contributed by atoms with Gasteiger partial charge in [0.1, 0.15) is 0 Å². The molecule has 5 nitrogen and oxygen atoms in total. The van der Waals surface area contributed by atoms with Crippen LogP contribution in [0, 0.1) is 0 Å². The summed E-state index contributed by atoms with van der Waals surface area (Å²) in [6.07, 6.45) is 0. The topological polar surface area (TPSA) is 46.2 Å². The molecule has 0 saturated heterocycles. The van der Waals surface area contributed by atoms with E-state index in [1.165, 1.54) is 0 Å². The highest BCUT2D eigenvalue weighted by molar-refractivity contribution is 6.69. The molecule has 0 bridgehead atoms. The van der Waals surface area contributed by atoms with Gasteiger partial charge in [0.05, 0.1) is 0 Å². The summed E-state index contributed by atoms with van der Waals surface area (Å²) in [7, 11) is -5.57. The molecule has 0 atom stereocenters. The van der Waals surface area contributed by atoms with E-state index in [1.54, 1.807) is 0 Å². The van der Waals surface area contributed by atoms with Gasteiger partial charge < -0.3 is 20.9 Å². The first-order chi connectivity index (χ1) is 8.35. The van der Waals surface area contributed by atoms with Gasteiger partial charge in [-0.25, -0.2) is 0 Å². The highest BCUT2D eigenvalue weighted by atomic mass is 28.5. The van der Waals surface area contributed by atoms with Crippen molar-refractivity contribution < 1.29 is 20.9 Å². The number of hydrogen-bond acceptors (Lipinski definition) is 5. The van der Waals surface area contributed by atoms with Crippen molar-refractivity contribution >= 4 is 46.2 Å². The lowest BCUT2D eigenvalue weighted by Gasteiger charge is -2.21. The summed E-state index contributed by atoms with van der Waals surface area (Å²) in [5.41, 5.74) is 0. The van der Waals surface area contributed by atoms with Gasteiger partial charge in [-0.05, 0) is 46.2 Å². The Morgan fingerprint density at radius 3 is 1.39 bits per heavy atom. The predicted octanol–water partition coefficient (Wildman–Crippen LogP) is 1.81. The van der Waals surface area contributed by atoms with E-state index < -0.39 is 46.2 Å². The number of rotatable bonds is 10. The molecule has 0 N–H and O–H groups in total. The molecule has 0 unspecified atom stereocenters. The van der Waals surface area contributed by atoms with Crippen LogP contribution in [-0.4, -0.2) is 52.8 Å². The zero-order valence-corrected chi connectivity index (χ0v) is 17.2. The van der Waals surface area contributed by atoms with E-state index in [2.05, 4.69) is 13.1 Å². The summed E-state index contributed by atoms with van der Waals surface area (Å²) in [6, 6.07) is 0. The molecule has 0 aliphatic carbocycles. The second kappa shape index (κ2) is 10.6. The molecule has 10 heteroatoms. The minimum atomic E-state index is -1.28. The average Bonchev–Trinajstić information content (AvgIpc) is 2.14. The SMILES string of the molecule is CCO[Si](C)O[Si](C)O[Si](C)O[Si](C)O[Si](C)C. The summed E-state index contributed by atoms with van der Waals surface area (Å²) in [5, 5.41) is 0. The molecule has 0 aliphatic rings. The van der Waals surface area contributed by atoms with Crippen LogP contribution in [-0.2, 0) is 20.9 Å². The first-order valence-electron chi connectivity index (χ1n) is 5.83. The monoisotopic (exact) mass is 339 g/mol. The molecule has 0 saturated carbocycles. The lowest BCUT2D eigenvalue weighted by molar-refractivity contribution is 0.269. The maximum Gasteiger partial charge on any atom is 0.371 e. The molecule has 0 spiro atoms. The molecule has 5 radical (unpaired) electrons. The van der Waals surface area contributed by atoms with Gasteiger partial charge in [0, 0.05) is 6.61 Å². The van der Waals surface area contributed by atoms with E-state index in [0.717, 1.165) is 0 Å². The van der Waals surface area contributed by atoms with Gasteiger partial charge in [0.15, 0.2) is 9.04 Å². The van der Waals surface area contributed by atoms with Crippen molar-refractivity contribution in [3.8, 4) is 0 Å². The van der Waals surface area contributed by atoms with E-state index in [-0.39, 0.29) is 0 Å². The van der Waals surface area contributed by atoms with E-state index in [1.807, 2.05) is 33.1 Å². The quantitative estimate of drug-likeness (QED) is 0.568. The summed E-state index contributed by atoms with van der Waals surface area (Å²) < 4.78 is 28.4. The Labute approximate surface area is 120 Å². The van der Waals surface area contributed by atoms with Crippen LogP contribution in [0.4, 0.5) is 0 Å². The van der Waals surface area contributed by atoms with Crippen LogP contribution in [0.1, 0.15) is 6.92 Å². The zero-order valence-electron chi connectivity index (χ0n) is 12.2. The van der Waals surface area contributed by atoms with Gasteiger partial charge >= 0.3 is 37.1 Å². The summed E-state index contributed by atoms with van der Waals surface area (Å²) in [4.78, 5) is 0. The Morgan fingerprint density at radius 2 is 1.00 bits per heavy atom. The van der Waals surface area contributed by atoms with Crippen molar-refractivity contribution in [3.05, 3.63) is 0 Å². The van der Waals surface area contributed by atoms with E-state index in [0.29, 0.717) is 6.61 Å². The molecule has 0 rings (SSSR count). The Bertz CT molecular complexity index is 210. The molecule has 0 aromatic carbocycles. The van der Waals surface area contributed by atoms with Crippen molar-refractivity contribution in [2.24, 2.45) is 0 Å². The van der Waals surface area contributed by atoms with Gasteiger partial charge in [-0.3, -0.25) is 0 Å². The molecule has 18 heavy (non-hydrogen) atoms. The van der Waals surface area contributed by atoms with E-state index >= 15 is 0 Å². The Kier molecular flexibility index (Phi) is 11.2. The Morgan fingerprint density at radius 1 is 0.611 bits per heavy atom. The maximum atomic E-state index is 5.78. The molecule has 105 valence electrons. The number of hydrogen-bond donors (Lipinski definition) is 0. The molecule has 0 fully saturated rings. The minimum Gasteiger partial charge on any atom is -0.436 e. The van der Waals surface area contributed by atoms with Crippen LogP contribution in [0.25, 0.3) is 0 Å². The second-order valence-corrected chi connectivity index (χ2v) is 13.0.